The van der Waals surface area contributed by atoms with E-state index >= 15 is 0 Å². The van der Waals surface area contributed by atoms with Gasteiger partial charge in [0.15, 0.2) is 0 Å². The lowest BCUT2D eigenvalue weighted by molar-refractivity contribution is -0.125. The maximum absolute atomic E-state index is 12.1. The van der Waals surface area contributed by atoms with E-state index in [4.69, 9.17) is 15.2 Å². The second kappa shape index (κ2) is 8.82. The Morgan fingerprint density at radius 1 is 1.30 bits per heavy atom. The van der Waals surface area contributed by atoms with Gasteiger partial charge in [0.2, 0.25) is 5.91 Å². The molecule has 6 heteroatoms. The van der Waals surface area contributed by atoms with E-state index in [9.17, 15) is 4.79 Å². The summed E-state index contributed by atoms with van der Waals surface area (Å²) in [5, 5.41) is 3.02. The summed E-state index contributed by atoms with van der Waals surface area (Å²) < 4.78 is 10.9. The zero-order valence-corrected chi connectivity index (χ0v) is 13.0. The van der Waals surface area contributed by atoms with E-state index < -0.39 is 6.04 Å². The first-order valence-electron chi connectivity index (χ1n) is 7.42. The summed E-state index contributed by atoms with van der Waals surface area (Å²) in [7, 11) is 0. The van der Waals surface area contributed by atoms with E-state index in [0.29, 0.717) is 6.10 Å². The van der Waals surface area contributed by atoms with Gasteiger partial charge in [0.05, 0.1) is 12.1 Å². The Morgan fingerprint density at radius 3 is 2.60 bits per heavy atom. The SMILES string of the molecule is CC(CC1CCCO1)NC(=O)C(N)C1CCOCC1.Cl. The van der Waals surface area contributed by atoms with Crippen molar-refractivity contribution in [3.05, 3.63) is 0 Å². The van der Waals surface area contributed by atoms with Gasteiger partial charge in [-0.15, -0.1) is 12.4 Å². The van der Waals surface area contributed by atoms with Crippen LogP contribution in [0.4, 0.5) is 0 Å². The lowest BCUT2D eigenvalue weighted by Gasteiger charge is -2.28. The van der Waals surface area contributed by atoms with Crippen LogP contribution in [0.5, 0.6) is 0 Å². The number of carbonyl (C=O) groups is 1. The molecule has 0 aromatic rings. The van der Waals surface area contributed by atoms with Gasteiger partial charge in [-0.25, -0.2) is 0 Å². The molecule has 2 aliphatic rings. The van der Waals surface area contributed by atoms with Gasteiger partial charge in [-0.3, -0.25) is 4.79 Å². The van der Waals surface area contributed by atoms with Crippen molar-refractivity contribution in [1.82, 2.24) is 5.32 Å². The second-order valence-electron chi connectivity index (χ2n) is 5.76. The molecule has 2 aliphatic heterocycles. The zero-order chi connectivity index (χ0) is 13.7. The largest absolute Gasteiger partial charge is 0.381 e. The van der Waals surface area contributed by atoms with E-state index in [2.05, 4.69) is 5.32 Å². The van der Waals surface area contributed by atoms with Crippen LogP contribution in [0.3, 0.4) is 0 Å². The zero-order valence-electron chi connectivity index (χ0n) is 12.2. The second-order valence-corrected chi connectivity index (χ2v) is 5.76. The van der Waals surface area contributed by atoms with Gasteiger partial charge in [0.25, 0.3) is 0 Å². The van der Waals surface area contributed by atoms with Crippen molar-refractivity contribution in [2.24, 2.45) is 11.7 Å². The highest BCUT2D eigenvalue weighted by Gasteiger charge is 2.28. The molecule has 1 amide bonds. The number of amides is 1. The minimum Gasteiger partial charge on any atom is -0.381 e. The monoisotopic (exact) mass is 306 g/mol. The summed E-state index contributed by atoms with van der Waals surface area (Å²) in [4.78, 5) is 12.1. The van der Waals surface area contributed by atoms with Crippen molar-refractivity contribution in [3.63, 3.8) is 0 Å². The predicted octanol–water partition coefficient (Wildman–Crippen LogP) is 1.24. The van der Waals surface area contributed by atoms with E-state index in [1.165, 1.54) is 0 Å². The molecule has 0 spiro atoms. The molecular weight excluding hydrogens is 280 g/mol. The molecular formula is C14H27ClN2O3. The molecule has 118 valence electrons. The minimum absolute atomic E-state index is 0. The molecule has 20 heavy (non-hydrogen) atoms. The fraction of sp³-hybridized carbons (Fsp3) is 0.929. The third kappa shape index (κ3) is 5.20. The lowest BCUT2D eigenvalue weighted by atomic mass is 9.91. The van der Waals surface area contributed by atoms with Gasteiger partial charge in [-0.05, 0) is 44.9 Å². The van der Waals surface area contributed by atoms with Gasteiger partial charge in [0, 0.05) is 25.9 Å². The first-order chi connectivity index (χ1) is 9.16. The number of carbonyl (C=O) groups excluding carboxylic acids is 1. The molecule has 2 saturated heterocycles. The molecule has 0 saturated carbocycles. The molecule has 3 atom stereocenters. The Kier molecular flexibility index (Phi) is 7.80. The molecule has 0 radical (unpaired) electrons. The molecule has 3 unspecified atom stereocenters. The van der Waals surface area contributed by atoms with E-state index in [1.54, 1.807) is 0 Å². The van der Waals surface area contributed by atoms with Gasteiger partial charge in [-0.1, -0.05) is 0 Å². The average Bonchev–Trinajstić information content (AvgIpc) is 2.91. The lowest BCUT2D eigenvalue weighted by Crippen LogP contribution is -2.49. The fourth-order valence-corrected chi connectivity index (χ4v) is 2.91. The third-order valence-electron chi connectivity index (χ3n) is 4.11. The summed E-state index contributed by atoms with van der Waals surface area (Å²) >= 11 is 0. The molecule has 0 aliphatic carbocycles. The number of hydrogen-bond acceptors (Lipinski definition) is 4. The Balaban J connectivity index is 0.00000200. The maximum atomic E-state index is 12.1. The number of halogens is 1. The van der Waals surface area contributed by atoms with Crippen LogP contribution in [0.2, 0.25) is 0 Å². The summed E-state index contributed by atoms with van der Waals surface area (Å²) in [6.45, 7) is 4.32. The van der Waals surface area contributed by atoms with Crippen LogP contribution < -0.4 is 11.1 Å². The normalized spacial score (nSPS) is 26.6. The van der Waals surface area contributed by atoms with E-state index in [1.807, 2.05) is 6.92 Å². The minimum atomic E-state index is -0.407. The summed E-state index contributed by atoms with van der Waals surface area (Å²) in [6.07, 6.45) is 5.18. The smallest absolute Gasteiger partial charge is 0.237 e. The van der Waals surface area contributed by atoms with E-state index in [-0.39, 0.29) is 30.3 Å². The van der Waals surface area contributed by atoms with Gasteiger partial charge >= 0.3 is 0 Å². The van der Waals surface area contributed by atoms with Crippen molar-refractivity contribution in [1.29, 1.82) is 0 Å². The third-order valence-corrected chi connectivity index (χ3v) is 4.11. The number of hydrogen-bond donors (Lipinski definition) is 2. The van der Waals surface area contributed by atoms with Crippen LogP contribution >= 0.6 is 12.4 Å². The Bertz CT molecular complexity index is 292. The highest BCUT2D eigenvalue weighted by Crippen LogP contribution is 2.19. The topological polar surface area (TPSA) is 73.6 Å². The molecule has 5 nitrogen and oxygen atoms in total. The highest BCUT2D eigenvalue weighted by atomic mass is 35.5. The number of nitrogens with two attached hydrogens (primary N) is 1. The van der Waals surface area contributed by atoms with Crippen LogP contribution in [0.15, 0.2) is 0 Å². The Labute approximate surface area is 127 Å². The summed E-state index contributed by atoms with van der Waals surface area (Å²) in [5.41, 5.74) is 6.05. The molecule has 0 aromatic heterocycles. The molecule has 0 aromatic carbocycles. The fourth-order valence-electron chi connectivity index (χ4n) is 2.91. The standard InChI is InChI=1S/C14H26N2O3.ClH/c1-10(9-12-3-2-6-19-12)16-14(17)13(15)11-4-7-18-8-5-11;/h10-13H,2-9,15H2,1H3,(H,16,17);1H. The first kappa shape index (κ1) is 17.7. The van der Waals surface area contributed by atoms with Crippen molar-refractivity contribution in [3.8, 4) is 0 Å². The van der Waals surface area contributed by atoms with Crippen molar-refractivity contribution in [2.75, 3.05) is 19.8 Å². The van der Waals surface area contributed by atoms with Crippen molar-refractivity contribution < 1.29 is 14.3 Å². The summed E-state index contributed by atoms with van der Waals surface area (Å²) in [6, 6.07) is -0.280. The Morgan fingerprint density at radius 2 is 2.00 bits per heavy atom. The quantitative estimate of drug-likeness (QED) is 0.801. The van der Waals surface area contributed by atoms with Crippen LogP contribution in [-0.2, 0) is 14.3 Å². The van der Waals surface area contributed by atoms with Crippen LogP contribution in [0, 0.1) is 5.92 Å². The molecule has 2 fully saturated rings. The van der Waals surface area contributed by atoms with Gasteiger partial charge < -0.3 is 20.5 Å². The van der Waals surface area contributed by atoms with Gasteiger partial charge in [0.1, 0.15) is 0 Å². The van der Waals surface area contributed by atoms with Crippen LogP contribution in [-0.4, -0.2) is 43.9 Å². The average molecular weight is 307 g/mol. The first-order valence-corrected chi connectivity index (χ1v) is 7.42. The molecule has 2 heterocycles. The number of rotatable bonds is 5. The molecule has 3 N–H and O–H groups in total. The van der Waals surface area contributed by atoms with E-state index in [0.717, 1.165) is 51.9 Å². The van der Waals surface area contributed by atoms with Gasteiger partial charge in [-0.2, -0.15) is 0 Å². The van der Waals surface area contributed by atoms with Crippen LogP contribution in [0.1, 0.15) is 39.0 Å². The Hall–Kier alpha value is -0.360. The summed E-state index contributed by atoms with van der Waals surface area (Å²) in [5.74, 6) is 0.223. The van der Waals surface area contributed by atoms with Crippen LogP contribution in [0.25, 0.3) is 0 Å². The maximum Gasteiger partial charge on any atom is 0.237 e. The van der Waals surface area contributed by atoms with Crippen molar-refractivity contribution in [2.45, 2.75) is 57.2 Å². The number of ether oxygens (including phenoxy) is 2. The highest BCUT2D eigenvalue weighted by molar-refractivity contribution is 5.85. The predicted molar refractivity (Wildman–Crippen MR) is 80.0 cm³/mol. The van der Waals surface area contributed by atoms with Crippen molar-refractivity contribution >= 4 is 18.3 Å². The number of nitrogens with one attached hydrogen (secondary N) is 1. The molecule has 2 rings (SSSR count). The molecule has 0 bridgehead atoms.